The quantitative estimate of drug-likeness (QED) is 0.477. The van der Waals surface area contributed by atoms with Crippen molar-refractivity contribution < 1.29 is 14.8 Å². The standard InChI is InChI=1S/C20H21N3O3/c24-19(21-26)11-8-17-6-9-18(10-7-17)23-15-14-22(20(23)25)13-12-16-4-2-1-3-5-16/h1-11,26H,12-15H2,(H,21,24)/b11-8+. The zero-order valence-corrected chi connectivity index (χ0v) is 14.3. The first kappa shape index (κ1) is 17.7. The molecule has 0 radical (unpaired) electrons. The van der Waals surface area contributed by atoms with Crippen LogP contribution in [0.4, 0.5) is 10.5 Å². The van der Waals surface area contributed by atoms with Crippen molar-refractivity contribution in [2.75, 3.05) is 24.5 Å². The molecule has 6 heteroatoms. The Bertz CT molecular complexity index is 788. The molecule has 3 rings (SSSR count). The first-order valence-corrected chi connectivity index (χ1v) is 8.50. The highest BCUT2D eigenvalue weighted by atomic mass is 16.5. The Balaban J connectivity index is 1.59. The fourth-order valence-corrected chi connectivity index (χ4v) is 2.91. The fourth-order valence-electron chi connectivity index (χ4n) is 2.91. The van der Waals surface area contributed by atoms with Crippen LogP contribution in [0.1, 0.15) is 11.1 Å². The van der Waals surface area contributed by atoms with Crippen LogP contribution in [-0.2, 0) is 11.2 Å². The van der Waals surface area contributed by atoms with Gasteiger partial charge < -0.3 is 4.90 Å². The number of hydrogen-bond donors (Lipinski definition) is 2. The number of amides is 3. The third kappa shape index (κ3) is 4.29. The summed E-state index contributed by atoms with van der Waals surface area (Å²) in [6, 6.07) is 17.5. The molecule has 1 fully saturated rings. The van der Waals surface area contributed by atoms with Crippen molar-refractivity contribution in [2.24, 2.45) is 0 Å². The van der Waals surface area contributed by atoms with Gasteiger partial charge in [-0.25, -0.2) is 10.3 Å². The summed E-state index contributed by atoms with van der Waals surface area (Å²) >= 11 is 0. The van der Waals surface area contributed by atoms with E-state index in [0.29, 0.717) is 19.6 Å². The van der Waals surface area contributed by atoms with Crippen molar-refractivity contribution >= 4 is 23.7 Å². The fraction of sp³-hybridized carbons (Fsp3) is 0.200. The third-order valence-corrected chi connectivity index (χ3v) is 4.35. The van der Waals surface area contributed by atoms with Gasteiger partial charge in [0, 0.05) is 31.4 Å². The van der Waals surface area contributed by atoms with E-state index >= 15 is 0 Å². The Morgan fingerprint density at radius 3 is 2.50 bits per heavy atom. The maximum atomic E-state index is 12.6. The average Bonchev–Trinajstić information content (AvgIpc) is 3.06. The summed E-state index contributed by atoms with van der Waals surface area (Å²) in [6.07, 6.45) is 3.67. The lowest BCUT2D eigenvalue weighted by Gasteiger charge is -2.19. The highest BCUT2D eigenvalue weighted by molar-refractivity contribution is 5.94. The molecular formula is C20H21N3O3. The smallest absolute Gasteiger partial charge is 0.322 e. The molecule has 0 saturated carbocycles. The van der Waals surface area contributed by atoms with Gasteiger partial charge in [-0.15, -0.1) is 0 Å². The van der Waals surface area contributed by atoms with Gasteiger partial charge >= 0.3 is 6.03 Å². The predicted octanol–water partition coefficient (Wildman–Crippen LogP) is 2.69. The van der Waals surface area contributed by atoms with E-state index in [4.69, 9.17) is 5.21 Å². The number of nitrogens with one attached hydrogen (secondary N) is 1. The second-order valence-corrected chi connectivity index (χ2v) is 6.06. The van der Waals surface area contributed by atoms with Crippen molar-refractivity contribution in [1.82, 2.24) is 10.4 Å². The molecule has 3 amide bonds. The van der Waals surface area contributed by atoms with Crippen LogP contribution in [0.3, 0.4) is 0 Å². The predicted molar refractivity (Wildman–Crippen MR) is 99.9 cm³/mol. The van der Waals surface area contributed by atoms with Crippen LogP contribution >= 0.6 is 0 Å². The Morgan fingerprint density at radius 2 is 1.81 bits per heavy atom. The number of carbonyl (C=O) groups excluding carboxylic acids is 2. The van der Waals surface area contributed by atoms with Crippen LogP contribution in [0.15, 0.2) is 60.7 Å². The largest absolute Gasteiger partial charge is 0.324 e. The molecule has 1 aliphatic rings. The first-order valence-electron chi connectivity index (χ1n) is 8.50. The van der Waals surface area contributed by atoms with Crippen LogP contribution in [0, 0.1) is 0 Å². The summed E-state index contributed by atoms with van der Waals surface area (Å²) in [5.74, 6) is -0.585. The maximum Gasteiger partial charge on any atom is 0.324 e. The minimum absolute atomic E-state index is 0.0175. The van der Waals surface area contributed by atoms with Gasteiger partial charge in [0.05, 0.1) is 0 Å². The number of carbonyl (C=O) groups is 2. The monoisotopic (exact) mass is 351 g/mol. The number of nitrogens with zero attached hydrogens (tertiary/aromatic N) is 2. The summed E-state index contributed by atoms with van der Waals surface area (Å²) in [5, 5.41) is 8.47. The summed E-state index contributed by atoms with van der Waals surface area (Å²) in [4.78, 5) is 27.3. The van der Waals surface area contributed by atoms with Gasteiger partial charge in [-0.05, 0) is 35.8 Å². The van der Waals surface area contributed by atoms with E-state index in [2.05, 4.69) is 12.1 Å². The number of hydroxylamine groups is 1. The molecule has 0 aliphatic carbocycles. The number of urea groups is 1. The summed E-state index contributed by atoms with van der Waals surface area (Å²) in [6.45, 7) is 2.08. The lowest BCUT2D eigenvalue weighted by molar-refractivity contribution is -0.124. The molecule has 2 N–H and O–H groups in total. The molecule has 1 aliphatic heterocycles. The molecular weight excluding hydrogens is 330 g/mol. The Morgan fingerprint density at radius 1 is 1.08 bits per heavy atom. The van der Waals surface area contributed by atoms with E-state index in [0.717, 1.165) is 17.7 Å². The molecule has 1 saturated heterocycles. The van der Waals surface area contributed by atoms with Gasteiger partial charge in [-0.1, -0.05) is 42.5 Å². The Kier molecular flexibility index (Phi) is 5.66. The van der Waals surface area contributed by atoms with Gasteiger partial charge in [0.1, 0.15) is 0 Å². The highest BCUT2D eigenvalue weighted by Gasteiger charge is 2.28. The van der Waals surface area contributed by atoms with Crippen LogP contribution in [0.2, 0.25) is 0 Å². The highest BCUT2D eigenvalue weighted by Crippen LogP contribution is 2.21. The minimum Gasteiger partial charge on any atom is -0.322 e. The normalized spacial score (nSPS) is 14.3. The maximum absolute atomic E-state index is 12.6. The molecule has 0 spiro atoms. The second kappa shape index (κ2) is 8.31. The van der Waals surface area contributed by atoms with Gasteiger partial charge in [-0.2, -0.15) is 0 Å². The SMILES string of the molecule is O=C(/C=C/c1ccc(N2CCN(CCc3ccccc3)C2=O)cc1)NO. The summed E-state index contributed by atoms with van der Waals surface area (Å²) in [7, 11) is 0. The van der Waals surface area contributed by atoms with E-state index in [9.17, 15) is 9.59 Å². The van der Waals surface area contributed by atoms with Crippen molar-refractivity contribution in [3.8, 4) is 0 Å². The topological polar surface area (TPSA) is 72.9 Å². The molecule has 134 valence electrons. The minimum atomic E-state index is -0.585. The molecule has 2 aromatic rings. The Labute approximate surface area is 152 Å². The number of hydrogen-bond acceptors (Lipinski definition) is 3. The summed E-state index contributed by atoms with van der Waals surface area (Å²) in [5.41, 5.74) is 4.41. The molecule has 0 bridgehead atoms. The van der Waals surface area contributed by atoms with Crippen LogP contribution in [-0.4, -0.2) is 41.7 Å². The van der Waals surface area contributed by atoms with E-state index in [-0.39, 0.29) is 6.03 Å². The molecule has 0 unspecified atom stereocenters. The summed E-state index contributed by atoms with van der Waals surface area (Å²) < 4.78 is 0. The van der Waals surface area contributed by atoms with Crippen molar-refractivity contribution in [1.29, 1.82) is 0 Å². The number of rotatable bonds is 6. The van der Waals surface area contributed by atoms with Crippen LogP contribution < -0.4 is 10.4 Å². The molecule has 0 aromatic heterocycles. The van der Waals surface area contributed by atoms with Crippen molar-refractivity contribution in [2.45, 2.75) is 6.42 Å². The number of anilines is 1. The molecule has 0 atom stereocenters. The average molecular weight is 351 g/mol. The first-order chi connectivity index (χ1) is 12.7. The molecule has 26 heavy (non-hydrogen) atoms. The molecule has 6 nitrogen and oxygen atoms in total. The number of benzene rings is 2. The van der Waals surface area contributed by atoms with Crippen LogP contribution in [0.25, 0.3) is 6.08 Å². The second-order valence-electron chi connectivity index (χ2n) is 6.06. The van der Waals surface area contributed by atoms with E-state index in [1.165, 1.54) is 11.6 Å². The zero-order chi connectivity index (χ0) is 18.4. The van der Waals surface area contributed by atoms with Gasteiger partial charge in [0.15, 0.2) is 0 Å². The van der Waals surface area contributed by atoms with Crippen molar-refractivity contribution in [3.63, 3.8) is 0 Å². The van der Waals surface area contributed by atoms with E-state index < -0.39 is 5.91 Å². The van der Waals surface area contributed by atoms with E-state index in [1.807, 2.05) is 47.4 Å². The van der Waals surface area contributed by atoms with Crippen molar-refractivity contribution in [3.05, 3.63) is 71.8 Å². The van der Waals surface area contributed by atoms with Crippen LogP contribution in [0.5, 0.6) is 0 Å². The lowest BCUT2D eigenvalue weighted by atomic mass is 10.1. The van der Waals surface area contributed by atoms with E-state index in [1.54, 1.807) is 16.5 Å². The Hall–Kier alpha value is -3.12. The molecule has 1 heterocycles. The molecule has 2 aromatic carbocycles. The van der Waals surface area contributed by atoms with Gasteiger partial charge in [0.2, 0.25) is 0 Å². The van der Waals surface area contributed by atoms with Gasteiger partial charge in [-0.3, -0.25) is 14.9 Å². The zero-order valence-electron chi connectivity index (χ0n) is 14.3. The van der Waals surface area contributed by atoms with Gasteiger partial charge in [0.25, 0.3) is 5.91 Å². The lowest BCUT2D eigenvalue weighted by Crippen LogP contribution is -2.33. The third-order valence-electron chi connectivity index (χ3n) is 4.35.